The number of benzene rings is 2. The molecule has 180 valence electrons. The number of alkyl halides is 3. The Labute approximate surface area is 197 Å². The van der Waals surface area contributed by atoms with E-state index >= 15 is 0 Å². The highest BCUT2D eigenvalue weighted by Gasteiger charge is 2.31. The first kappa shape index (κ1) is 25.0. The molecule has 2 N–H and O–H groups in total. The second kappa shape index (κ2) is 11.0. The number of carbonyl (C=O) groups is 2. The molecule has 3 rings (SSSR count). The molecule has 11 heteroatoms. The largest absolute Gasteiger partial charge is 0.573 e. The minimum Gasteiger partial charge on any atom is -0.484 e. The maximum Gasteiger partial charge on any atom is 0.573 e. The van der Waals surface area contributed by atoms with Gasteiger partial charge in [-0.15, -0.1) is 24.5 Å². The molecule has 0 saturated heterocycles. The summed E-state index contributed by atoms with van der Waals surface area (Å²) in [5, 5.41) is 7.65. The van der Waals surface area contributed by atoms with Crippen molar-refractivity contribution >= 4 is 23.2 Å². The van der Waals surface area contributed by atoms with E-state index in [9.17, 15) is 22.8 Å². The second-order valence-corrected chi connectivity index (χ2v) is 8.26. The van der Waals surface area contributed by atoms with Crippen molar-refractivity contribution in [1.82, 2.24) is 15.6 Å². The smallest absolute Gasteiger partial charge is 0.484 e. The summed E-state index contributed by atoms with van der Waals surface area (Å²) in [6.07, 6.45) is -4.78. The number of halogens is 3. The van der Waals surface area contributed by atoms with Gasteiger partial charge in [0.15, 0.2) is 6.61 Å². The van der Waals surface area contributed by atoms with E-state index in [-0.39, 0.29) is 42.3 Å². The fourth-order valence-electron chi connectivity index (χ4n) is 2.82. The Morgan fingerprint density at radius 1 is 1.06 bits per heavy atom. The maximum atomic E-state index is 12.5. The average Bonchev–Trinajstić information content (AvgIpc) is 3.26. The van der Waals surface area contributed by atoms with Gasteiger partial charge in [0, 0.05) is 5.38 Å². The number of nitrogens with zero attached hydrogens (tertiary/aromatic N) is 1. The summed E-state index contributed by atoms with van der Waals surface area (Å²) in [5.74, 6) is -0.949. The summed E-state index contributed by atoms with van der Waals surface area (Å²) < 4.78 is 45.5. The summed E-state index contributed by atoms with van der Waals surface area (Å²) in [7, 11) is 0. The molecule has 34 heavy (non-hydrogen) atoms. The molecule has 0 saturated carbocycles. The van der Waals surface area contributed by atoms with E-state index < -0.39 is 12.3 Å². The molecule has 0 aliphatic carbocycles. The van der Waals surface area contributed by atoms with Crippen molar-refractivity contribution in [3.63, 3.8) is 0 Å². The zero-order valence-corrected chi connectivity index (χ0v) is 19.1. The number of ether oxygens (including phenoxy) is 2. The molecule has 0 fully saturated rings. The number of nitrogens with one attached hydrogen (secondary N) is 2. The minimum atomic E-state index is -4.78. The molecule has 0 unspecified atom stereocenters. The summed E-state index contributed by atoms with van der Waals surface area (Å²) in [6, 6.07) is 12.4. The van der Waals surface area contributed by atoms with E-state index in [1.807, 2.05) is 38.1 Å². The number of rotatable bonds is 9. The Balaban J connectivity index is 1.43. The van der Waals surface area contributed by atoms with E-state index in [1.165, 1.54) is 23.5 Å². The molecular weight excluding hydrogens is 471 g/mol. The molecule has 0 aliphatic heterocycles. The van der Waals surface area contributed by atoms with Crippen molar-refractivity contribution in [3.8, 4) is 11.5 Å². The van der Waals surface area contributed by atoms with Crippen molar-refractivity contribution in [2.45, 2.75) is 32.8 Å². The lowest BCUT2D eigenvalue weighted by Gasteiger charge is -2.13. The molecule has 0 aliphatic rings. The van der Waals surface area contributed by atoms with Gasteiger partial charge in [-0.3, -0.25) is 9.59 Å². The summed E-state index contributed by atoms with van der Waals surface area (Å²) in [5.41, 5.74) is 2.36. The molecular formula is C23H22F3N3O4S. The Kier molecular flexibility index (Phi) is 8.11. The van der Waals surface area contributed by atoms with Crippen molar-refractivity contribution in [3.05, 3.63) is 75.7 Å². The van der Waals surface area contributed by atoms with Crippen LogP contribution in [-0.2, 0) is 11.3 Å². The van der Waals surface area contributed by atoms with Crippen LogP contribution in [0.25, 0.3) is 0 Å². The number of hydrogen-bond acceptors (Lipinski definition) is 6. The maximum absolute atomic E-state index is 12.5. The Hall–Kier alpha value is -3.60. The van der Waals surface area contributed by atoms with Crippen molar-refractivity contribution in [2.75, 3.05) is 6.61 Å². The SMILES string of the molecule is Cc1ccc([C@H](C)NC(=O)c2csc(CNC(=O)COc3ccc(OC(F)(F)F)cc3)n2)cc1. The second-order valence-electron chi connectivity index (χ2n) is 7.32. The topological polar surface area (TPSA) is 89.6 Å². The van der Waals surface area contributed by atoms with Gasteiger partial charge < -0.3 is 20.1 Å². The van der Waals surface area contributed by atoms with Gasteiger partial charge in [0.25, 0.3) is 11.8 Å². The zero-order valence-electron chi connectivity index (χ0n) is 18.3. The van der Waals surface area contributed by atoms with Crippen LogP contribution < -0.4 is 20.1 Å². The zero-order chi connectivity index (χ0) is 24.7. The number of aryl methyl sites for hydroxylation is 1. The van der Waals surface area contributed by atoms with Crippen LogP contribution in [0.4, 0.5) is 13.2 Å². The third kappa shape index (κ3) is 7.77. The highest BCUT2D eigenvalue weighted by molar-refractivity contribution is 7.09. The van der Waals surface area contributed by atoms with Gasteiger partial charge in [-0.05, 0) is 43.7 Å². The summed E-state index contributed by atoms with van der Waals surface area (Å²) >= 11 is 1.23. The molecule has 1 heterocycles. The van der Waals surface area contributed by atoms with Crippen LogP contribution in [0.3, 0.4) is 0 Å². The van der Waals surface area contributed by atoms with Gasteiger partial charge in [-0.2, -0.15) is 0 Å². The predicted molar refractivity (Wildman–Crippen MR) is 120 cm³/mol. The van der Waals surface area contributed by atoms with Gasteiger partial charge in [0.2, 0.25) is 0 Å². The first-order valence-electron chi connectivity index (χ1n) is 10.2. The van der Waals surface area contributed by atoms with E-state index in [0.29, 0.717) is 5.01 Å². The molecule has 0 bridgehead atoms. The molecule has 7 nitrogen and oxygen atoms in total. The quantitative estimate of drug-likeness (QED) is 0.457. The first-order chi connectivity index (χ1) is 16.1. The molecule has 1 atom stereocenters. The van der Waals surface area contributed by atoms with Gasteiger partial charge >= 0.3 is 6.36 Å². The molecule has 2 aromatic carbocycles. The van der Waals surface area contributed by atoms with Crippen molar-refractivity contribution in [2.24, 2.45) is 0 Å². The first-order valence-corrected chi connectivity index (χ1v) is 11.0. The lowest BCUT2D eigenvalue weighted by molar-refractivity contribution is -0.274. The van der Waals surface area contributed by atoms with Gasteiger partial charge in [0.05, 0.1) is 12.6 Å². The Morgan fingerprint density at radius 3 is 2.35 bits per heavy atom. The lowest BCUT2D eigenvalue weighted by atomic mass is 10.1. The number of amides is 2. The van der Waals surface area contributed by atoms with Crippen LogP contribution in [0, 0.1) is 6.92 Å². The van der Waals surface area contributed by atoms with Crippen molar-refractivity contribution in [1.29, 1.82) is 0 Å². The minimum absolute atomic E-state index is 0.103. The third-order valence-corrected chi connectivity index (χ3v) is 5.42. The number of aromatic nitrogens is 1. The highest BCUT2D eigenvalue weighted by atomic mass is 32.1. The van der Waals surface area contributed by atoms with Gasteiger partial charge in [0.1, 0.15) is 22.2 Å². The van der Waals surface area contributed by atoms with E-state index in [1.54, 1.807) is 5.38 Å². The predicted octanol–water partition coefficient (Wildman–Crippen LogP) is 4.54. The van der Waals surface area contributed by atoms with Crippen LogP contribution in [0.1, 0.15) is 39.6 Å². The fraction of sp³-hybridized carbons (Fsp3) is 0.261. The summed E-state index contributed by atoms with van der Waals surface area (Å²) in [4.78, 5) is 28.7. The van der Waals surface area contributed by atoms with Gasteiger partial charge in [-0.25, -0.2) is 4.98 Å². The fourth-order valence-corrected chi connectivity index (χ4v) is 3.53. The molecule has 3 aromatic rings. The number of thiazole rings is 1. The van der Waals surface area contributed by atoms with Crippen LogP contribution in [0.15, 0.2) is 53.9 Å². The van der Waals surface area contributed by atoms with E-state index in [0.717, 1.165) is 23.3 Å². The normalized spacial score (nSPS) is 12.0. The van der Waals surface area contributed by atoms with Crippen LogP contribution in [0.5, 0.6) is 11.5 Å². The highest BCUT2D eigenvalue weighted by Crippen LogP contribution is 2.24. The molecule has 0 radical (unpaired) electrons. The average molecular weight is 494 g/mol. The lowest BCUT2D eigenvalue weighted by Crippen LogP contribution is -2.29. The molecule has 1 aromatic heterocycles. The number of carbonyl (C=O) groups excluding carboxylic acids is 2. The van der Waals surface area contributed by atoms with Gasteiger partial charge in [-0.1, -0.05) is 29.8 Å². The Bertz CT molecular complexity index is 1120. The van der Waals surface area contributed by atoms with Crippen LogP contribution >= 0.6 is 11.3 Å². The van der Waals surface area contributed by atoms with E-state index in [2.05, 4.69) is 20.4 Å². The third-order valence-electron chi connectivity index (χ3n) is 4.57. The monoisotopic (exact) mass is 493 g/mol. The van der Waals surface area contributed by atoms with Crippen molar-refractivity contribution < 1.29 is 32.2 Å². The van der Waals surface area contributed by atoms with Crippen LogP contribution in [-0.4, -0.2) is 29.8 Å². The molecule has 0 spiro atoms. The standard InChI is InChI=1S/C23H22F3N3O4S/c1-14-3-5-16(6-4-14)15(2)28-22(31)19-13-34-21(29-19)11-27-20(30)12-32-17-7-9-18(10-8-17)33-23(24,25)26/h3-10,13,15H,11-12H2,1-2H3,(H,27,30)(H,28,31)/t15-/m0/s1. The summed E-state index contributed by atoms with van der Waals surface area (Å²) in [6.45, 7) is 3.63. The van der Waals surface area contributed by atoms with Crippen LogP contribution in [0.2, 0.25) is 0 Å². The van der Waals surface area contributed by atoms with E-state index in [4.69, 9.17) is 4.74 Å². The Morgan fingerprint density at radius 2 is 1.71 bits per heavy atom. The number of hydrogen-bond donors (Lipinski definition) is 2. The molecule has 2 amide bonds.